The minimum absolute atomic E-state index is 0.0894. The van der Waals surface area contributed by atoms with Crippen LogP contribution in [0, 0.1) is 87.3 Å². The summed E-state index contributed by atoms with van der Waals surface area (Å²) < 4.78 is 210. The molecule has 0 fully saturated rings. The molecule has 15 heteroatoms. The summed E-state index contributed by atoms with van der Waals surface area (Å²) >= 11 is 0. The Hall–Kier alpha value is -4.17. The predicted molar refractivity (Wildman–Crippen MR) is 102 cm³/mol. The van der Waals surface area contributed by atoms with E-state index in [0.717, 1.165) is 0 Å². The maximum atomic E-state index is 14.5. The van der Waals surface area contributed by atoms with E-state index in [1.54, 1.807) is 0 Å². The summed E-state index contributed by atoms with van der Waals surface area (Å²) in [7, 11) is 0. The van der Waals surface area contributed by atoms with Gasteiger partial charge in [-0.3, -0.25) is 0 Å². The minimum Gasteiger partial charge on any atom is -0.203 e. The van der Waals surface area contributed by atoms with Crippen molar-refractivity contribution in [1.29, 1.82) is 0 Å². The second-order valence-corrected chi connectivity index (χ2v) is 7.63. The van der Waals surface area contributed by atoms with Crippen molar-refractivity contribution in [2.75, 3.05) is 0 Å². The van der Waals surface area contributed by atoms with E-state index in [1.807, 2.05) is 0 Å². The fourth-order valence-corrected chi connectivity index (χ4v) is 3.64. The molecule has 0 radical (unpaired) electrons. The SMILES string of the molecule is Fc1c(F)c(F)c(-c2cc(-c3c(F)c(F)c(F)c(F)c3F)cc(-c3c(F)c(F)c(F)c(F)c3F)c2)c(F)c1F. The van der Waals surface area contributed by atoms with Gasteiger partial charge in [0.2, 0.25) is 17.5 Å². The lowest BCUT2D eigenvalue weighted by molar-refractivity contribution is 0.380. The van der Waals surface area contributed by atoms with Crippen LogP contribution in [0.2, 0.25) is 0 Å². The third-order valence-electron chi connectivity index (χ3n) is 5.43. The predicted octanol–water partition coefficient (Wildman–Crippen LogP) is 8.77. The van der Waals surface area contributed by atoms with Crippen molar-refractivity contribution in [1.82, 2.24) is 0 Å². The molecule has 0 aromatic heterocycles. The zero-order valence-electron chi connectivity index (χ0n) is 17.9. The Morgan fingerprint density at radius 1 is 0.205 bits per heavy atom. The largest absolute Gasteiger partial charge is 0.203 e. The van der Waals surface area contributed by atoms with Crippen LogP contribution < -0.4 is 0 Å². The van der Waals surface area contributed by atoms with E-state index in [2.05, 4.69) is 0 Å². The number of hydrogen-bond donors (Lipinski definition) is 0. The molecule has 0 unspecified atom stereocenters. The van der Waals surface area contributed by atoms with Crippen LogP contribution in [-0.2, 0) is 0 Å². The molecule has 0 atom stereocenters. The van der Waals surface area contributed by atoms with Crippen molar-refractivity contribution >= 4 is 0 Å². The third kappa shape index (κ3) is 4.06. The molecule has 4 rings (SSSR count). The molecular weight excluding hydrogens is 573 g/mol. The average molecular weight is 576 g/mol. The van der Waals surface area contributed by atoms with Crippen LogP contribution in [0.3, 0.4) is 0 Å². The van der Waals surface area contributed by atoms with Crippen LogP contribution in [0.1, 0.15) is 0 Å². The molecule has 0 spiro atoms. The van der Waals surface area contributed by atoms with Crippen molar-refractivity contribution in [3.05, 3.63) is 105 Å². The molecule has 204 valence electrons. The highest BCUT2D eigenvalue weighted by molar-refractivity contribution is 5.82. The van der Waals surface area contributed by atoms with Gasteiger partial charge in [-0.1, -0.05) is 0 Å². The molecule has 4 aromatic carbocycles. The highest BCUT2D eigenvalue weighted by Crippen LogP contribution is 2.41. The molecule has 0 saturated carbocycles. The Kier molecular flexibility index (Phi) is 6.81. The summed E-state index contributed by atoms with van der Waals surface area (Å²) in [5.74, 6) is -39.4. The number of halogens is 15. The summed E-state index contributed by atoms with van der Waals surface area (Å²) in [5, 5.41) is 0. The van der Waals surface area contributed by atoms with Crippen LogP contribution in [0.5, 0.6) is 0 Å². The van der Waals surface area contributed by atoms with E-state index in [-0.39, 0.29) is 18.2 Å². The first-order valence-electron chi connectivity index (χ1n) is 9.82. The lowest BCUT2D eigenvalue weighted by Crippen LogP contribution is -2.07. The fraction of sp³-hybridized carbons (Fsp3) is 0. The van der Waals surface area contributed by atoms with Gasteiger partial charge in [0.1, 0.15) is 0 Å². The quantitative estimate of drug-likeness (QED) is 0.130. The van der Waals surface area contributed by atoms with E-state index in [9.17, 15) is 65.9 Å². The Morgan fingerprint density at radius 3 is 0.487 bits per heavy atom. The Morgan fingerprint density at radius 2 is 0.333 bits per heavy atom. The van der Waals surface area contributed by atoms with Gasteiger partial charge in [-0.25, -0.2) is 65.9 Å². The summed E-state index contributed by atoms with van der Waals surface area (Å²) in [6.45, 7) is 0. The number of hydrogen-bond acceptors (Lipinski definition) is 0. The summed E-state index contributed by atoms with van der Waals surface area (Å²) in [4.78, 5) is 0. The topological polar surface area (TPSA) is 0 Å². The van der Waals surface area contributed by atoms with Crippen LogP contribution >= 0.6 is 0 Å². The zero-order chi connectivity index (χ0) is 29.2. The van der Waals surface area contributed by atoms with E-state index in [1.165, 1.54) is 0 Å². The minimum atomic E-state index is -2.69. The first-order chi connectivity index (χ1) is 18.1. The smallest absolute Gasteiger partial charge is 0.200 e. The van der Waals surface area contributed by atoms with Crippen LogP contribution in [-0.4, -0.2) is 0 Å². The molecule has 0 bridgehead atoms. The Bertz CT molecular complexity index is 1410. The van der Waals surface area contributed by atoms with Crippen LogP contribution in [0.4, 0.5) is 65.9 Å². The van der Waals surface area contributed by atoms with Crippen molar-refractivity contribution in [3.63, 3.8) is 0 Å². The van der Waals surface area contributed by atoms with Gasteiger partial charge in [0.25, 0.3) is 0 Å². The normalized spacial score (nSPS) is 11.5. The maximum absolute atomic E-state index is 14.5. The van der Waals surface area contributed by atoms with Crippen LogP contribution in [0.25, 0.3) is 33.4 Å². The van der Waals surface area contributed by atoms with Crippen molar-refractivity contribution in [2.24, 2.45) is 0 Å². The number of rotatable bonds is 3. The van der Waals surface area contributed by atoms with Gasteiger partial charge in [-0.15, -0.1) is 0 Å². The van der Waals surface area contributed by atoms with Crippen molar-refractivity contribution in [2.45, 2.75) is 0 Å². The lowest BCUT2D eigenvalue weighted by Gasteiger charge is -2.16. The first-order valence-corrected chi connectivity index (χ1v) is 9.82. The average Bonchev–Trinajstić information content (AvgIpc) is 2.91. The summed E-state index contributed by atoms with van der Waals surface area (Å²) in [5.41, 5.74) is -10.1. The standard InChI is InChI=1S/C24H3F15/c25-10-7(11(26)17(32)22(37)16(10)31)4-1-5(8-12(27)18(33)23(38)19(34)13(8)28)3-6(2-4)9-14(29)20(35)24(39)21(36)15(9)30/h1-3H. The molecule has 0 aliphatic carbocycles. The van der Waals surface area contributed by atoms with Gasteiger partial charge >= 0.3 is 0 Å². The molecule has 0 heterocycles. The van der Waals surface area contributed by atoms with Crippen molar-refractivity contribution in [3.8, 4) is 33.4 Å². The molecule has 0 amide bonds. The highest BCUT2D eigenvalue weighted by Gasteiger charge is 2.32. The van der Waals surface area contributed by atoms with E-state index in [4.69, 9.17) is 0 Å². The Labute approximate surface area is 205 Å². The lowest BCUT2D eigenvalue weighted by atomic mass is 9.91. The second kappa shape index (κ2) is 9.54. The highest BCUT2D eigenvalue weighted by atomic mass is 19.2. The third-order valence-corrected chi connectivity index (χ3v) is 5.43. The van der Waals surface area contributed by atoms with E-state index >= 15 is 0 Å². The molecule has 4 aromatic rings. The molecule has 0 aliphatic rings. The van der Waals surface area contributed by atoms with Gasteiger partial charge in [-0.2, -0.15) is 0 Å². The maximum Gasteiger partial charge on any atom is 0.200 e. The molecule has 0 nitrogen and oxygen atoms in total. The van der Waals surface area contributed by atoms with Gasteiger partial charge in [0.15, 0.2) is 69.8 Å². The summed E-state index contributed by atoms with van der Waals surface area (Å²) in [6.07, 6.45) is 0. The second-order valence-electron chi connectivity index (χ2n) is 7.63. The van der Waals surface area contributed by atoms with E-state index in [0.29, 0.717) is 0 Å². The molecule has 0 saturated heterocycles. The molecule has 0 aliphatic heterocycles. The van der Waals surface area contributed by atoms with E-state index < -0.39 is 121 Å². The fourth-order valence-electron chi connectivity index (χ4n) is 3.64. The summed E-state index contributed by atoms with van der Waals surface area (Å²) in [6, 6.07) is 0.268. The Balaban J connectivity index is 2.22. The van der Waals surface area contributed by atoms with Gasteiger partial charge in [0, 0.05) is 0 Å². The van der Waals surface area contributed by atoms with Crippen molar-refractivity contribution < 1.29 is 65.9 Å². The van der Waals surface area contributed by atoms with Gasteiger partial charge < -0.3 is 0 Å². The molecule has 39 heavy (non-hydrogen) atoms. The van der Waals surface area contributed by atoms with Gasteiger partial charge in [0.05, 0.1) is 16.7 Å². The molecule has 0 N–H and O–H groups in total. The number of benzene rings is 4. The molecular formula is C24H3F15. The van der Waals surface area contributed by atoms with Gasteiger partial charge in [-0.05, 0) is 34.9 Å². The zero-order valence-corrected chi connectivity index (χ0v) is 17.9. The first kappa shape index (κ1) is 27.9. The monoisotopic (exact) mass is 576 g/mol. The van der Waals surface area contributed by atoms with Crippen LogP contribution in [0.15, 0.2) is 18.2 Å².